The van der Waals surface area contributed by atoms with E-state index in [0.29, 0.717) is 0 Å². The van der Waals surface area contributed by atoms with Crippen LogP contribution in [0, 0.1) is 0 Å². The Kier molecular flexibility index (Phi) is 3.74. The number of ether oxygens (including phenoxy) is 1. The summed E-state index contributed by atoms with van der Waals surface area (Å²) in [5, 5.41) is 0. The van der Waals surface area contributed by atoms with Gasteiger partial charge in [0.25, 0.3) is 0 Å². The van der Waals surface area contributed by atoms with Crippen LogP contribution in [0.3, 0.4) is 0 Å². The molecule has 0 atom stereocenters. The van der Waals surface area contributed by atoms with Gasteiger partial charge in [-0.1, -0.05) is 6.07 Å². The quantitative estimate of drug-likeness (QED) is 0.726. The topological polar surface area (TPSA) is 21.6 Å². The lowest BCUT2D eigenvalue weighted by atomic mass is 9.88. The van der Waals surface area contributed by atoms with Gasteiger partial charge in [0.05, 0.1) is 12.6 Å². The second kappa shape index (κ2) is 5.13. The Labute approximate surface area is 110 Å². The molecule has 2 heteroatoms. The summed E-state index contributed by atoms with van der Waals surface area (Å²) < 4.78 is 5.49. The fraction of sp³-hybridized carbons (Fsp3) is 0.562. The molecule has 0 radical (unpaired) electrons. The van der Waals surface area contributed by atoms with Crippen LogP contribution in [0.5, 0.6) is 5.75 Å². The van der Waals surface area contributed by atoms with E-state index < -0.39 is 0 Å². The van der Waals surface area contributed by atoms with Crippen molar-refractivity contribution in [2.24, 2.45) is 4.99 Å². The second-order valence-corrected chi connectivity index (χ2v) is 5.96. The van der Waals surface area contributed by atoms with Crippen LogP contribution in [0.4, 0.5) is 0 Å². The highest BCUT2D eigenvalue weighted by Gasteiger charge is 2.16. The molecule has 2 nitrogen and oxygen atoms in total. The maximum Gasteiger partial charge on any atom is 0.127 e. The Hall–Kier alpha value is -1.31. The summed E-state index contributed by atoms with van der Waals surface area (Å²) in [6, 6.07) is 4.29. The molecule has 0 bridgehead atoms. The minimum Gasteiger partial charge on any atom is -0.496 e. The Bertz CT molecular complexity index is 455. The third-order valence-electron chi connectivity index (χ3n) is 3.34. The van der Waals surface area contributed by atoms with Crippen LogP contribution < -0.4 is 4.74 Å². The average Bonchev–Trinajstić information content (AvgIpc) is 2.34. The normalized spacial score (nSPS) is 15.8. The van der Waals surface area contributed by atoms with E-state index in [0.717, 1.165) is 12.2 Å². The van der Waals surface area contributed by atoms with Crippen molar-refractivity contribution >= 4 is 6.21 Å². The van der Waals surface area contributed by atoms with Crippen LogP contribution in [0.1, 0.15) is 50.3 Å². The van der Waals surface area contributed by atoms with Crippen LogP contribution in [-0.4, -0.2) is 18.9 Å². The molecule has 18 heavy (non-hydrogen) atoms. The van der Waals surface area contributed by atoms with Gasteiger partial charge in [0.2, 0.25) is 0 Å². The molecule has 1 aliphatic rings. The smallest absolute Gasteiger partial charge is 0.127 e. The lowest BCUT2D eigenvalue weighted by Gasteiger charge is -2.20. The highest BCUT2D eigenvalue weighted by atomic mass is 16.5. The molecule has 1 aliphatic carbocycles. The first-order valence-electron chi connectivity index (χ1n) is 6.75. The van der Waals surface area contributed by atoms with Gasteiger partial charge < -0.3 is 4.74 Å². The average molecular weight is 245 g/mol. The zero-order valence-corrected chi connectivity index (χ0v) is 11.9. The molecule has 0 unspecified atom stereocenters. The zero-order valence-electron chi connectivity index (χ0n) is 11.9. The number of aryl methyl sites for hydroxylation is 1. The molecular weight excluding hydrogens is 222 g/mol. The molecule has 0 saturated heterocycles. The van der Waals surface area contributed by atoms with E-state index in [9.17, 15) is 0 Å². The summed E-state index contributed by atoms with van der Waals surface area (Å²) >= 11 is 0. The molecule has 0 fully saturated rings. The van der Waals surface area contributed by atoms with Gasteiger partial charge in [-0.05, 0) is 63.6 Å². The maximum absolute atomic E-state index is 5.49. The van der Waals surface area contributed by atoms with Gasteiger partial charge in [-0.15, -0.1) is 0 Å². The molecule has 1 aromatic carbocycles. The van der Waals surface area contributed by atoms with E-state index in [4.69, 9.17) is 4.74 Å². The first kappa shape index (κ1) is 13.1. The van der Waals surface area contributed by atoms with E-state index in [-0.39, 0.29) is 5.54 Å². The summed E-state index contributed by atoms with van der Waals surface area (Å²) in [4.78, 5) is 4.64. The van der Waals surface area contributed by atoms with Gasteiger partial charge >= 0.3 is 0 Å². The zero-order chi connectivity index (χ0) is 13.2. The minimum absolute atomic E-state index is 0.0393. The number of hydrogen-bond donors (Lipinski definition) is 0. The van der Waals surface area contributed by atoms with Crippen molar-refractivity contribution in [3.05, 3.63) is 28.8 Å². The van der Waals surface area contributed by atoms with Gasteiger partial charge in [-0.25, -0.2) is 0 Å². The Morgan fingerprint density at radius 1 is 1.17 bits per heavy atom. The van der Waals surface area contributed by atoms with E-state index in [2.05, 4.69) is 37.9 Å². The van der Waals surface area contributed by atoms with Crippen LogP contribution in [0.25, 0.3) is 0 Å². The summed E-state index contributed by atoms with van der Waals surface area (Å²) in [5.74, 6) is 0.948. The van der Waals surface area contributed by atoms with Crippen molar-refractivity contribution in [1.29, 1.82) is 0 Å². The molecule has 2 rings (SSSR count). The van der Waals surface area contributed by atoms with Gasteiger partial charge in [0, 0.05) is 11.8 Å². The summed E-state index contributed by atoms with van der Waals surface area (Å²) in [7, 11) is 1.74. The van der Waals surface area contributed by atoms with Crippen LogP contribution in [0.15, 0.2) is 17.1 Å². The van der Waals surface area contributed by atoms with Crippen molar-refractivity contribution in [2.75, 3.05) is 7.11 Å². The largest absolute Gasteiger partial charge is 0.496 e. The van der Waals surface area contributed by atoms with Crippen molar-refractivity contribution in [3.8, 4) is 5.75 Å². The minimum atomic E-state index is -0.0393. The number of fused-ring (bicyclic) bond motifs is 1. The van der Waals surface area contributed by atoms with Crippen molar-refractivity contribution in [2.45, 2.75) is 52.0 Å². The van der Waals surface area contributed by atoms with Crippen molar-refractivity contribution in [3.63, 3.8) is 0 Å². The lowest BCUT2D eigenvalue weighted by molar-refractivity contribution is 0.413. The number of benzene rings is 1. The van der Waals surface area contributed by atoms with E-state index in [1.165, 1.54) is 36.0 Å². The van der Waals surface area contributed by atoms with Gasteiger partial charge in [-0.3, -0.25) is 4.99 Å². The summed E-state index contributed by atoms with van der Waals surface area (Å²) in [5.41, 5.74) is 4.05. The van der Waals surface area contributed by atoms with Crippen LogP contribution >= 0.6 is 0 Å². The predicted octanol–water partition coefficient (Wildman–Crippen LogP) is 3.79. The fourth-order valence-corrected chi connectivity index (χ4v) is 2.41. The van der Waals surface area contributed by atoms with Crippen molar-refractivity contribution in [1.82, 2.24) is 0 Å². The Morgan fingerprint density at radius 2 is 1.89 bits per heavy atom. The van der Waals surface area contributed by atoms with Crippen molar-refractivity contribution < 1.29 is 4.74 Å². The monoisotopic (exact) mass is 245 g/mol. The van der Waals surface area contributed by atoms with Gasteiger partial charge in [-0.2, -0.15) is 0 Å². The molecule has 0 saturated carbocycles. The first-order chi connectivity index (χ1) is 8.51. The molecule has 98 valence electrons. The van der Waals surface area contributed by atoms with Gasteiger partial charge in [0.1, 0.15) is 5.75 Å². The fourth-order valence-electron chi connectivity index (χ4n) is 2.41. The third-order valence-corrected chi connectivity index (χ3v) is 3.34. The number of methoxy groups -OCH3 is 1. The number of rotatable bonds is 2. The number of hydrogen-bond acceptors (Lipinski definition) is 2. The molecule has 0 aliphatic heterocycles. The summed E-state index contributed by atoms with van der Waals surface area (Å²) in [6.07, 6.45) is 6.92. The molecule has 0 amide bonds. The third kappa shape index (κ3) is 2.92. The molecule has 0 heterocycles. The maximum atomic E-state index is 5.49. The van der Waals surface area contributed by atoms with E-state index in [1.54, 1.807) is 7.11 Å². The van der Waals surface area contributed by atoms with Crippen LogP contribution in [-0.2, 0) is 12.8 Å². The van der Waals surface area contributed by atoms with Gasteiger partial charge in [0.15, 0.2) is 0 Å². The molecule has 0 spiro atoms. The standard InChI is InChI=1S/C16H23NO/c1-16(2,3)17-11-14-13-8-6-5-7-12(13)9-10-15(14)18-4/h9-11H,5-8H2,1-4H3. The summed E-state index contributed by atoms with van der Waals surface area (Å²) in [6.45, 7) is 6.35. The first-order valence-corrected chi connectivity index (χ1v) is 6.75. The highest BCUT2D eigenvalue weighted by molar-refractivity contribution is 5.86. The Morgan fingerprint density at radius 3 is 2.56 bits per heavy atom. The highest BCUT2D eigenvalue weighted by Crippen LogP contribution is 2.30. The molecule has 1 aromatic rings. The Balaban J connectivity index is 2.45. The van der Waals surface area contributed by atoms with Crippen LogP contribution in [0.2, 0.25) is 0 Å². The lowest BCUT2D eigenvalue weighted by Crippen LogP contribution is -2.12. The molecule has 0 N–H and O–H groups in total. The SMILES string of the molecule is COc1ccc2c(c1C=NC(C)(C)C)CCCC2. The van der Waals surface area contributed by atoms with E-state index in [1.807, 2.05) is 6.21 Å². The molecular formula is C16H23NO. The number of nitrogens with zero attached hydrogens (tertiary/aromatic N) is 1. The number of aliphatic imine (C=N–C) groups is 1. The van der Waals surface area contributed by atoms with E-state index >= 15 is 0 Å². The molecule has 0 aromatic heterocycles. The second-order valence-electron chi connectivity index (χ2n) is 5.96. The predicted molar refractivity (Wildman–Crippen MR) is 77.0 cm³/mol.